The number of methoxy groups -OCH3 is 1. The highest BCUT2D eigenvalue weighted by atomic mass is 79.9. The van der Waals surface area contributed by atoms with Gasteiger partial charge in [-0.25, -0.2) is 4.79 Å². The number of carbonyl (C=O) groups is 1. The van der Waals surface area contributed by atoms with E-state index in [2.05, 4.69) is 40.2 Å². The lowest BCUT2D eigenvalue weighted by atomic mass is 10.0. The van der Waals surface area contributed by atoms with Crippen molar-refractivity contribution >= 4 is 33.7 Å². The van der Waals surface area contributed by atoms with E-state index < -0.39 is 0 Å². The number of thioether (sulfide) groups is 1. The van der Waals surface area contributed by atoms with Crippen molar-refractivity contribution in [2.24, 2.45) is 0 Å². The van der Waals surface area contributed by atoms with E-state index >= 15 is 0 Å². The zero-order chi connectivity index (χ0) is 17.9. The third-order valence-corrected chi connectivity index (χ3v) is 5.69. The molecule has 2 aromatic rings. The molecule has 0 aromatic heterocycles. The van der Waals surface area contributed by atoms with Crippen molar-refractivity contribution in [3.05, 3.63) is 64.1 Å². The molecule has 2 aromatic carbocycles. The van der Waals surface area contributed by atoms with Crippen molar-refractivity contribution in [1.82, 2.24) is 0 Å². The fraction of sp³-hybridized carbons (Fsp3) is 0.381. The van der Waals surface area contributed by atoms with Gasteiger partial charge in [0.25, 0.3) is 0 Å². The van der Waals surface area contributed by atoms with Gasteiger partial charge >= 0.3 is 5.97 Å². The summed E-state index contributed by atoms with van der Waals surface area (Å²) in [4.78, 5) is 12.7. The van der Waals surface area contributed by atoms with Crippen LogP contribution in [0.1, 0.15) is 48.0 Å². The van der Waals surface area contributed by atoms with Gasteiger partial charge in [0.15, 0.2) is 0 Å². The molecular weight excluding hydrogens is 396 g/mol. The summed E-state index contributed by atoms with van der Waals surface area (Å²) in [5, 5.41) is 0. The molecule has 2 rings (SSSR count). The van der Waals surface area contributed by atoms with E-state index in [1.54, 1.807) is 0 Å². The van der Waals surface area contributed by atoms with Crippen molar-refractivity contribution < 1.29 is 9.53 Å². The summed E-state index contributed by atoms with van der Waals surface area (Å²) in [6.45, 7) is 0. The third kappa shape index (κ3) is 7.66. The Bertz CT molecular complexity index is 638. The first-order valence-corrected chi connectivity index (χ1v) is 10.5. The van der Waals surface area contributed by atoms with E-state index in [0.717, 1.165) is 10.9 Å². The number of aryl methyl sites for hydroxylation is 1. The Morgan fingerprint density at radius 2 is 1.56 bits per heavy atom. The maximum absolute atomic E-state index is 11.4. The zero-order valence-corrected chi connectivity index (χ0v) is 17.1. The summed E-state index contributed by atoms with van der Waals surface area (Å²) in [5.74, 6) is 0.920. The van der Waals surface area contributed by atoms with Crippen molar-refractivity contribution in [2.75, 3.05) is 12.9 Å². The number of benzene rings is 2. The molecule has 0 aliphatic rings. The molecule has 0 aliphatic heterocycles. The van der Waals surface area contributed by atoms with E-state index in [1.807, 2.05) is 36.0 Å². The molecule has 0 unspecified atom stereocenters. The molecule has 4 heteroatoms. The molecule has 0 aliphatic carbocycles. The van der Waals surface area contributed by atoms with Crippen molar-refractivity contribution in [1.29, 1.82) is 0 Å². The molecule has 0 N–H and O–H groups in total. The standard InChI is InChI=1S/C21H25BrO2S/c1-24-21(23)18-10-8-17(9-11-18)7-5-3-2-4-6-16-25-20-14-12-19(22)13-15-20/h8-15H,2-7,16H2,1H3. The summed E-state index contributed by atoms with van der Waals surface area (Å²) < 4.78 is 5.85. The largest absolute Gasteiger partial charge is 0.465 e. The lowest BCUT2D eigenvalue weighted by Gasteiger charge is -2.04. The minimum absolute atomic E-state index is 0.271. The topological polar surface area (TPSA) is 26.3 Å². The first-order valence-electron chi connectivity index (χ1n) is 8.74. The molecule has 25 heavy (non-hydrogen) atoms. The van der Waals surface area contributed by atoms with Gasteiger partial charge in [-0.3, -0.25) is 0 Å². The van der Waals surface area contributed by atoms with Crippen LogP contribution in [0.3, 0.4) is 0 Å². The molecule has 0 saturated heterocycles. The molecule has 0 saturated carbocycles. The highest BCUT2D eigenvalue weighted by Gasteiger charge is 2.04. The quantitative estimate of drug-likeness (QED) is 0.248. The lowest BCUT2D eigenvalue weighted by molar-refractivity contribution is 0.0600. The van der Waals surface area contributed by atoms with Gasteiger partial charge in [-0.1, -0.05) is 47.3 Å². The predicted octanol–water partition coefficient (Wildman–Crippen LogP) is 6.52. The fourth-order valence-corrected chi connectivity index (χ4v) is 3.78. The number of hydrogen-bond donors (Lipinski definition) is 0. The molecule has 2 nitrogen and oxygen atoms in total. The van der Waals surface area contributed by atoms with Crippen LogP contribution in [-0.4, -0.2) is 18.8 Å². The Morgan fingerprint density at radius 3 is 2.24 bits per heavy atom. The van der Waals surface area contributed by atoms with E-state index in [-0.39, 0.29) is 5.97 Å². The Hall–Kier alpha value is -1.26. The van der Waals surface area contributed by atoms with Gasteiger partial charge in [-0.05, 0) is 67.0 Å². The number of hydrogen-bond acceptors (Lipinski definition) is 3. The number of carbonyl (C=O) groups excluding carboxylic acids is 1. The molecule has 134 valence electrons. The Balaban J connectivity index is 1.52. The summed E-state index contributed by atoms with van der Waals surface area (Å²) in [6, 6.07) is 16.3. The summed E-state index contributed by atoms with van der Waals surface area (Å²) in [5.41, 5.74) is 1.91. The van der Waals surface area contributed by atoms with Crippen molar-refractivity contribution in [2.45, 2.75) is 43.4 Å². The Kier molecular flexibility index (Phi) is 9.12. The van der Waals surface area contributed by atoms with Crippen LogP contribution in [0.5, 0.6) is 0 Å². The average Bonchev–Trinajstić information content (AvgIpc) is 2.65. The van der Waals surface area contributed by atoms with Gasteiger partial charge < -0.3 is 4.74 Å². The number of ether oxygens (including phenoxy) is 1. The predicted molar refractivity (Wildman–Crippen MR) is 109 cm³/mol. The first-order chi connectivity index (χ1) is 12.2. The smallest absolute Gasteiger partial charge is 0.337 e. The Labute approximate surface area is 163 Å². The minimum atomic E-state index is -0.271. The molecular formula is C21H25BrO2S. The van der Waals surface area contributed by atoms with Crippen LogP contribution in [0.15, 0.2) is 57.9 Å². The van der Waals surface area contributed by atoms with Crippen LogP contribution in [0, 0.1) is 0 Å². The maximum Gasteiger partial charge on any atom is 0.337 e. The second kappa shape index (κ2) is 11.4. The molecule has 0 fully saturated rings. The van der Waals surface area contributed by atoms with Gasteiger partial charge in [0.2, 0.25) is 0 Å². The third-order valence-electron chi connectivity index (χ3n) is 4.07. The summed E-state index contributed by atoms with van der Waals surface area (Å²) >= 11 is 5.40. The highest BCUT2D eigenvalue weighted by Crippen LogP contribution is 2.22. The van der Waals surface area contributed by atoms with E-state index in [4.69, 9.17) is 4.74 Å². The minimum Gasteiger partial charge on any atom is -0.465 e. The SMILES string of the molecule is COC(=O)c1ccc(CCCCCCCSc2ccc(Br)cc2)cc1. The molecule has 0 bridgehead atoms. The van der Waals surface area contributed by atoms with Gasteiger partial charge in [0.05, 0.1) is 12.7 Å². The monoisotopic (exact) mass is 420 g/mol. The zero-order valence-electron chi connectivity index (χ0n) is 14.7. The molecule has 0 radical (unpaired) electrons. The molecule has 0 amide bonds. The van der Waals surface area contributed by atoms with Crippen molar-refractivity contribution in [3.63, 3.8) is 0 Å². The lowest BCUT2D eigenvalue weighted by Crippen LogP contribution is -2.00. The number of halogens is 1. The van der Waals surface area contributed by atoms with E-state index in [1.165, 1.54) is 55.4 Å². The molecule has 0 spiro atoms. The van der Waals surface area contributed by atoms with Crippen LogP contribution in [0.2, 0.25) is 0 Å². The number of unbranched alkanes of at least 4 members (excludes halogenated alkanes) is 4. The maximum atomic E-state index is 11.4. The average molecular weight is 421 g/mol. The number of rotatable bonds is 10. The Morgan fingerprint density at radius 1 is 0.920 bits per heavy atom. The highest BCUT2D eigenvalue weighted by molar-refractivity contribution is 9.10. The van der Waals surface area contributed by atoms with Gasteiger partial charge in [0, 0.05) is 9.37 Å². The van der Waals surface area contributed by atoms with Crippen LogP contribution in [0.4, 0.5) is 0 Å². The van der Waals surface area contributed by atoms with E-state index in [0.29, 0.717) is 5.56 Å². The normalized spacial score (nSPS) is 10.6. The number of esters is 1. The van der Waals surface area contributed by atoms with E-state index in [9.17, 15) is 4.79 Å². The summed E-state index contributed by atoms with van der Waals surface area (Å²) in [7, 11) is 1.41. The molecule has 0 atom stereocenters. The van der Waals surface area contributed by atoms with Crippen LogP contribution < -0.4 is 0 Å². The van der Waals surface area contributed by atoms with Crippen LogP contribution in [0.25, 0.3) is 0 Å². The van der Waals surface area contributed by atoms with Crippen molar-refractivity contribution in [3.8, 4) is 0 Å². The van der Waals surface area contributed by atoms with Crippen LogP contribution >= 0.6 is 27.7 Å². The first kappa shape index (κ1) is 20.1. The summed E-state index contributed by atoms with van der Waals surface area (Å²) in [6.07, 6.45) is 7.41. The molecule has 0 heterocycles. The van der Waals surface area contributed by atoms with Gasteiger partial charge in [0.1, 0.15) is 0 Å². The fourth-order valence-electron chi connectivity index (χ4n) is 2.61. The van der Waals surface area contributed by atoms with Gasteiger partial charge in [-0.15, -0.1) is 11.8 Å². The second-order valence-electron chi connectivity index (χ2n) is 6.01. The van der Waals surface area contributed by atoms with Crippen LogP contribution in [-0.2, 0) is 11.2 Å². The second-order valence-corrected chi connectivity index (χ2v) is 8.09. The van der Waals surface area contributed by atoms with Gasteiger partial charge in [-0.2, -0.15) is 0 Å².